The fourth-order valence-corrected chi connectivity index (χ4v) is 2.83. The second-order valence-electron chi connectivity index (χ2n) is 4.87. The van der Waals surface area contributed by atoms with Gasteiger partial charge < -0.3 is 4.90 Å². The molecule has 1 aromatic carbocycles. The second kappa shape index (κ2) is 6.97. The van der Waals surface area contributed by atoms with E-state index in [9.17, 15) is 0 Å². The third-order valence-electron chi connectivity index (χ3n) is 3.37. The molecule has 0 atom stereocenters. The summed E-state index contributed by atoms with van der Waals surface area (Å²) in [5.41, 5.74) is 2.59. The molecule has 0 bridgehead atoms. The molecule has 104 valence electrons. The Balaban J connectivity index is 1.50. The van der Waals surface area contributed by atoms with Crippen LogP contribution in [0.1, 0.15) is 16.9 Å². The van der Waals surface area contributed by atoms with E-state index in [0.29, 0.717) is 0 Å². The Kier molecular flexibility index (Phi) is 4.55. The molecule has 1 aromatic heterocycles. The number of allylic oxidation sites excluding steroid dienone is 2. The number of rotatable bonds is 3. The van der Waals surface area contributed by atoms with Crippen molar-refractivity contribution in [1.29, 1.82) is 0 Å². The first kappa shape index (κ1) is 13.7. The van der Waals surface area contributed by atoms with Crippen molar-refractivity contribution in [3.63, 3.8) is 0 Å². The highest BCUT2D eigenvalue weighted by molar-refractivity contribution is 7.10. The molecule has 1 aliphatic heterocycles. The van der Waals surface area contributed by atoms with E-state index in [2.05, 4.69) is 76.9 Å². The van der Waals surface area contributed by atoms with Crippen LogP contribution in [-0.2, 0) is 0 Å². The molecular formula is C19H17NS. The van der Waals surface area contributed by atoms with Crippen molar-refractivity contribution in [1.82, 2.24) is 4.90 Å². The maximum absolute atomic E-state index is 3.24. The molecule has 0 radical (unpaired) electrons. The molecule has 0 saturated heterocycles. The van der Waals surface area contributed by atoms with Gasteiger partial charge in [0.1, 0.15) is 0 Å². The summed E-state index contributed by atoms with van der Waals surface area (Å²) in [6.07, 6.45) is 7.54. The zero-order chi connectivity index (χ0) is 14.3. The van der Waals surface area contributed by atoms with E-state index < -0.39 is 0 Å². The lowest BCUT2D eigenvalue weighted by Crippen LogP contribution is -2.20. The van der Waals surface area contributed by atoms with Gasteiger partial charge in [-0.15, -0.1) is 11.3 Å². The van der Waals surface area contributed by atoms with Crippen LogP contribution >= 0.6 is 11.3 Å². The van der Waals surface area contributed by atoms with Crippen LogP contribution in [-0.4, -0.2) is 18.0 Å². The van der Waals surface area contributed by atoms with Crippen LogP contribution in [0.15, 0.2) is 66.2 Å². The highest BCUT2D eigenvalue weighted by Gasteiger charge is 2.05. The standard InChI is InChI=1S/C19H17NS/c1-2-7-17(8-3-1)18-11-14-20(15-12-18)13-5-4-9-19-10-6-16-21-19/h1-3,6-8,10-12,14,16H,5,13,15H2. The van der Waals surface area contributed by atoms with E-state index in [1.165, 1.54) is 11.1 Å². The summed E-state index contributed by atoms with van der Waals surface area (Å²) >= 11 is 1.70. The van der Waals surface area contributed by atoms with Crippen molar-refractivity contribution < 1.29 is 0 Å². The van der Waals surface area contributed by atoms with E-state index in [1.54, 1.807) is 11.3 Å². The van der Waals surface area contributed by atoms with Crippen molar-refractivity contribution in [3.8, 4) is 11.8 Å². The van der Waals surface area contributed by atoms with Crippen molar-refractivity contribution in [3.05, 3.63) is 76.6 Å². The Morgan fingerprint density at radius 1 is 1.10 bits per heavy atom. The summed E-state index contributed by atoms with van der Waals surface area (Å²) in [6.45, 7) is 1.94. The predicted octanol–water partition coefficient (Wildman–Crippen LogP) is 4.40. The smallest absolute Gasteiger partial charge is 0.0768 e. The van der Waals surface area contributed by atoms with Gasteiger partial charge in [0.2, 0.25) is 0 Å². The quantitative estimate of drug-likeness (QED) is 0.758. The van der Waals surface area contributed by atoms with Crippen LogP contribution in [0.2, 0.25) is 0 Å². The minimum atomic E-state index is 0.900. The molecule has 1 aliphatic rings. The van der Waals surface area contributed by atoms with Gasteiger partial charge in [-0.1, -0.05) is 54.3 Å². The number of thiophene rings is 1. The first-order valence-corrected chi connectivity index (χ1v) is 8.00. The van der Waals surface area contributed by atoms with E-state index in [4.69, 9.17) is 0 Å². The summed E-state index contributed by atoms with van der Waals surface area (Å²) in [4.78, 5) is 3.45. The third kappa shape index (κ3) is 3.87. The number of benzene rings is 1. The van der Waals surface area contributed by atoms with E-state index in [0.717, 1.165) is 24.4 Å². The average molecular weight is 291 g/mol. The highest BCUT2D eigenvalue weighted by Crippen LogP contribution is 2.19. The van der Waals surface area contributed by atoms with Gasteiger partial charge in [-0.3, -0.25) is 0 Å². The molecule has 21 heavy (non-hydrogen) atoms. The zero-order valence-electron chi connectivity index (χ0n) is 11.8. The Morgan fingerprint density at radius 2 is 2.00 bits per heavy atom. The maximum atomic E-state index is 3.24. The van der Waals surface area contributed by atoms with Crippen LogP contribution in [0, 0.1) is 11.8 Å². The molecule has 0 amide bonds. The topological polar surface area (TPSA) is 3.24 Å². The molecule has 2 heteroatoms. The van der Waals surface area contributed by atoms with Crippen LogP contribution in [0.3, 0.4) is 0 Å². The van der Waals surface area contributed by atoms with E-state index in [-0.39, 0.29) is 0 Å². The first-order chi connectivity index (χ1) is 10.4. The van der Waals surface area contributed by atoms with Crippen LogP contribution in [0.5, 0.6) is 0 Å². The molecule has 0 spiro atoms. The highest BCUT2D eigenvalue weighted by atomic mass is 32.1. The summed E-state index contributed by atoms with van der Waals surface area (Å²) < 4.78 is 0. The lowest BCUT2D eigenvalue weighted by molar-refractivity contribution is 0.423. The fraction of sp³-hybridized carbons (Fsp3) is 0.158. The Morgan fingerprint density at radius 3 is 2.71 bits per heavy atom. The van der Waals surface area contributed by atoms with Gasteiger partial charge in [-0.25, -0.2) is 0 Å². The molecule has 0 aliphatic carbocycles. The molecule has 2 aromatic rings. The minimum absolute atomic E-state index is 0.900. The van der Waals surface area contributed by atoms with Gasteiger partial charge in [0.25, 0.3) is 0 Å². The van der Waals surface area contributed by atoms with Crippen molar-refractivity contribution in [2.45, 2.75) is 6.42 Å². The molecular weight excluding hydrogens is 274 g/mol. The molecule has 0 unspecified atom stereocenters. The van der Waals surface area contributed by atoms with Gasteiger partial charge in [0, 0.05) is 19.5 Å². The number of nitrogens with zero attached hydrogens (tertiary/aromatic N) is 1. The lowest BCUT2D eigenvalue weighted by atomic mass is 10.0. The number of hydrogen-bond acceptors (Lipinski definition) is 2. The largest absolute Gasteiger partial charge is 0.373 e. The van der Waals surface area contributed by atoms with Crippen LogP contribution in [0.4, 0.5) is 0 Å². The summed E-state index contributed by atoms with van der Waals surface area (Å²) in [6, 6.07) is 14.6. The summed E-state index contributed by atoms with van der Waals surface area (Å²) in [5.74, 6) is 6.44. The molecule has 0 saturated carbocycles. The SMILES string of the molecule is C(#Cc1cccs1)CCN1C=CC(c2ccccc2)=CC1. The van der Waals surface area contributed by atoms with E-state index >= 15 is 0 Å². The normalized spacial score (nSPS) is 13.5. The van der Waals surface area contributed by atoms with Crippen molar-refractivity contribution in [2.24, 2.45) is 0 Å². The summed E-state index contributed by atoms with van der Waals surface area (Å²) in [5, 5.41) is 2.06. The Labute approximate surface area is 130 Å². The van der Waals surface area contributed by atoms with Crippen molar-refractivity contribution >= 4 is 16.9 Å². The zero-order valence-corrected chi connectivity index (χ0v) is 12.6. The summed E-state index contributed by atoms with van der Waals surface area (Å²) in [7, 11) is 0. The van der Waals surface area contributed by atoms with Gasteiger partial charge in [-0.2, -0.15) is 0 Å². The Hall–Kier alpha value is -2.24. The first-order valence-electron chi connectivity index (χ1n) is 7.12. The van der Waals surface area contributed by atoms with Gasteiger partial charge >= 0.3 is 0 Å². The van der Waals surface area contributed by atoms with E-state index in [1.807, 2.05) is 6.07 Å². The molecule has 1 nitrogen and oxygen atoms in total. The van der Waals surface area contributed by atoms with Crippen molar-refractivity contribution in [2.75, 3.05) is 13.1 Å². The number of hydrogen-bond donors (Lipinski definition) is 0. The minimum Gasteiger partial charge on any atom is -0.373 e. The van der Waals surface area contributed by atoms with Gasteiger partial charge in [0.05, 0.1) is 4.88 Å². The van der Waals surface area contributed by atoms with Gasteiger partial charge in [0.15, 0.2) is 0 Å². The molecule has 0 fully saturated rings. The Bertz CT molecular complexity index is 684. The molecule has 3 rings (SSSR count). The second-order valence-corrected chi connectivity index (χ2v) is 5.81. The van der Waals surface area contributed by atoms with Crippen LogP contribution in [0.25, 0.3) is 5.57 Å². The molecule has 0 N–H and O–H groups in total. The van der Waals surface area contributed by atoms with Gasteiger partial charge in [-0.05, 0) is 34.9 Å². The molecule has 2 heterocycles. The average Bonchev–Trinajstić information content (AvgIpc) is 3.06. The third-order valence-corrected chi connectivity index (χ3v) is 4.16. The predicted molar refractivity (Wildman–Crippen MR) is 90.9 cm³/mol. The fourth-order valence-electron chi connectivity index (χ4n) is 2.24. The lowest BCUT2D eigenvalue weighted by Gasteiger charge is -2.21. The van der Waals surface area contributed by atoms with Crippen LogP contribution < -0.4 is 0 Å². The maximum Gasteiger partial charge on any atom is 0.0768 e. The monoisotopic (exact) mass is 291 g/mol.